The maximum atomic E-state index is 3.35. The molecule has 2 aromatic rings. The van der Waals surface area contributed by atoms with Gasteiger partial charge in [-0.05, 0) is 55.0 Å². The molecule has 0 aliphatic carbocycles. The molecule has 0 saturated carbocycles. The van der Waals surface area contributed by atoms with Gasteiger partial charge in [-0.25, -0.2) is 0 Å². The quantitative estimate of drug-likeness (QED) is 0.392. The van der Waals surface area contributed by atoms with Crippen LogP contribution in [-0.4, -0.2) is 0 Å². The first-order chi connectivity index (χ1) is 9.84. The molecule has 0 aliphatic rings. The summed E-state index contributed by atoms with van der Waals surface area (Å²) in [5, 5.41) is 2.09. The second kappa shape index (κ2) is 8.23. The Labute approximate surface area is 125 Å². The molecule has 2 rings (SSSR count). The first-order valence-electron chi connectivity index (χ1n) is 6.84. The van der Waals surface area contributed by atoms with E-state index in [0.717, 1.165) is 24.8 Å². The van der Waals surface area contributed by atoms with E-state index in [0.29, 0.717) is 0 Å². The number of rotatable bonds is 4. The Bertz CT molecular complexity index is 630. The van der Waals surface area contributed by atoms with Crippen molar-refractivity contribution in [2.75, 3.05) is 0 Å². The molecule has 0 amide bonds. The van der Waals surface area contributed by atoms with Crippen molar-refractivity contribution in [1.82, 2.24) is 0 Å². The van der Waals surface area contributed by atoms with E-state index < -0.39 is 0 Å². The number of benzene rings is 1. The molecule has 0 N–H and O–H groups in total. The fraction of sp³-hybridized carbons (Fsp3) is 0.211. The number of unbranched alkanes of at least 4 members (excludes halogenated alkanes) is 1. The van der Waals surface area contributed by atoms with Gasteiger partial charge in [0, 0.05) is 16.9 Å². The fourth-order valence-electron chi connectivity index (χ4n) is 1.77. The zero-order chi connectivity index (χ0) is 14.0. The Morgan fingerprint density at radius 1 is 1.15 bits per heavy atom. The summed E-state index contributed by atoms with van der Waals surface area (Å²) < 4.78 is 0. The van der Waals surface area contributed by atoms with Gasteiger partial charge in [-0.2, -0.15) is 0 Å². The van der Waals surface area contributed by atoms with Crippen molar-refractivity contribution in [1.29, 1.82) is 0 Å². The molecular formula is C19H18S. The van der Waals surface area contributed by atoms with Crippen LogP contribution < -0.4 is 0 Å². The molecule has 0 spiro atoms. The second-order valence-electron chi connectivity index (χ2n) is 4.61. The Kier molecular flexibility index (Phi) is 5.93. The maximum Gasteiger partial charge on any atom is 0.0347 e. The van der Waals surface area contributed by atoms with Gasteiger partial charge < -0.3 is 0 Å². The normalized spacial score (nSPS) is 9.25. The molecule has 1 aromatic heterocycles. The standard InChI is InChI=1S/C19H18S/c1-17(14-15-19-13-8-16-20-19)9-4-2-5-10-18-11-6-3-7-12-18/h3,6-8,11-13,15-16H,2,4,9H2,1H3. The van der Waals surface area contributed by atoms with Crippen LogP contribution in [0.15, 0.2) is 59.1 Å². The van der Waals surface area contributed by atoms with Crippen LogP contribution in [-0.2, 0) is 0 Å². The molecule has 100 valence electrons. The summed E-state index contributed by atoms with van der Waals surface area (Å²) in [6.45, 7) is 2.13. The topological polar surface area (TPSA) is 0 Å². The Morgan fingerprint density at radius 3 is 2.75 bits per heavy atom. The van der Waals surface area contributed by atoms with Gasteiger partial charge in [0.2, 0.25) is 0 Å². The average molecular weight is 278 g/mol. The van der Waals surface area contributed by atoms with Crippen molar-refractivity contribution < 1.29 is 0 Å². The number of hydrogen-bond acceptors (Lipinski definition) is 1. The van der Waals surface area contributed by atoms with Crippen molar-refractivity contribution in [2.45, 2.75) is 26.2 Å². The molecule has 1 heterocycles. The summed E-state index contributed by atoms with van der Waals surface area (Å²) in [5.74, 6) is 6.41. The summed E-state index contributed by atoms with van der Waals surface area (Å²) in [5.41, 5.74) is 5.73. The third kappa shape index (κ3) is 5.33. The number of hydrogen-bond donors (Lipinski definition) is 0. The third-order valence-electron chi connectivity index (χ3n) is 2.86. The minimum Gasteiger partial charge on any atom is -0.144 e. The van der Waals surface area contributed by atoms with Gasteiger partial charge in [-0.3, -0.25) is 0 Å². The molecule has 0 atom stereocenters. The zero-order valence-corrected chi connectivity index (χ0v) is 12.5. The lowest BCUT2D eigenvalue weighted by Crippen LogP contribution is -1.76. The Morgan fingerprint density at radius 2 is 2.00 bits per heavy atom. The van der Waals surface area contributed by atoms with Crippen molar-refractivity contribution in [2.24, 2.45) is 0 Å². The minimum atomic E-state index is 0.937. The first kappa shape index (κ1) is 14.4. The van der Waals surface area contributed by atoms with Crippen molar-refractivity contribution in [3.63, 3.8) is 0 Å². The maximum absolute atomic E-state index is 3.35. The highest BCUT2D eigenvalue weighted by Gasteiger charge is 1.89. The van der Waals surface area contributed by atoms with Crippen LogP contribution in [0.3, 0.4) is 0 Å². The molecule has 1 aromatic carbocycles. The molecule has 0 nitrogen and oxygen atoms in total. The molecule has 0 unspecified atom stereocenters. The largest absolute Gasteiger partial charge is 0.144 e. The van der Waals surface area contributed by atoms with Crippen LogP contribution in [0.25, 0.3) is 6.08 Å². The summed E-state index contributed by atoms with van der Waals surface area (Å²) in [4.78, 5) is 1.26. The van der Waals surface area contributed by atoms with Crippen LogP contribution >= 0.6 is 11.3 Å². The van der Waals surface area contributed by atoms with E-state index in [4.69, 9.17) is 0 Å². The van der Waals surface area contributed by atoms with E-state index in [1.807, 2.05) is 30.3 Å². The van der Waals surface area contributed by atoms with Crippen LogP contribution in [0.1, 0.15) is 36.6 Å². The number of allylic oxidation sites excluding steroid dienone is 1. The van der Waals surface area contributed by atoms with Gasteiger partial charge in [0.25, 0.3) is 0 Å². The highest BCUT2D eigenvalue weighted by Crippen LogP contribution is 2.11. The molecule has 1 heteroatoms. The molecular weight excluding hydrogens is 260 g/mol. The first-order valence-corrected chi connectivity index (χ1v) is 7.72. The fourth-order valence-corrected chi connectivity index (χ4v) is 2.37. The molecule has 0 radical (unpaired) electrons. The van der Waals surface area contributed by atoms with Crippen molar-refractivity contribution in [3.8, 4) is 11.8 Å². The lowest BCUT2D eigenvalue weighted by Gasteiger charge is -1.93. The van der Waals surface area contributed by atoms with Gasteiger partial charge in [-0.1, -0.05) is 36.1 Å². The highest BCUT2D eigenvalue weighted by molar-refractivity contribution is 7.10. The van der Waals surface area contributed by atoms with Gasteiger partial charge in [0.15, 0.2) is 0 Å². The van der Waals surface area contributed by atoms with Crippen molar-refractivity contribution >= 4 is 17.4 Å². The predicted molar refractivity (Wildman–Crippen MR) is 88.7 cm³/mol. The third-order valence-corrected chi connectivity index (χ3v) is 3.68. The van der Waals surface area contributed by atoms with Crippen LogP contribution in [0.2, 0.25) is 0 Å². The van der Waals surface area contributed by atoms with Gasteiger partial charge >= 0.3 is 0 Å². The predicted octanol–water partition coefficient (Wildman–Crippen LogP) is 5.53. The van der Waals surface area contributed by atoms with E-state index in [1.165, 1.54) is 10.5 Å². The monoisotopic (exact) mass is 278 g/mol. The van der Waals surface area contributed by atoms with Crippen LogP contribution in [0.4, 0.5) is 0 Å². The van der Waals surface area contributed by atoms with E-state index in [1.54, 1.807) is 11.3 Å². The summed E-state index contributed by atoms with van der Waals surface area (Å²) >= 11 is 1.74. The Balaban J connectivity index is 1.76. The SMILES string of the molecule is CC(=C=Cc1cccs1)CCCC#Cc1ccccc1. The molecule has 0 aliphatic heterocycles. The van der Waals surface area contributed by atoms with Gasteiger partial charge in [0.1, 0.15) is 0 Å². The average Bonchev–Trinajstić information content (AvgIpc) is 2.99. The smallest absolute Gasteiger partial charge is 0.0347 e. The Hall–Kier alpha value is -2.00. The number of thiophene rings is 1. The van der Waals surface area contributed by atoms with E-state index >= 15 is 0 Å². The van der Waals surface area contributed by atoms with E-state index in [2.05, 4.69) is 48.1 Å². The van der Waals surface area contributed by atoms with E-state index in [-0.39, 0.29) is 0 Å². The second-order valence-corrected chi connectivity index (χ2v) is 5.59. The minimum absolute atomic E-state index is 0.937. The molecule has 0 saturated heterocycles. The molecule has 0 bridgehead atoms. The summed E-state index contributed by atoms with van der Waals surface area (Å²) in [6.07, 6.45) is 5.16. The molecule has 20 heavy (non-hydrogen) atoms. The van der Waals surface area contributed by atoms with Gasteiger partial charge in [-0.15, -0.1) is 17.1 Å². The van der Waals surface area contributed by atoms with Crippen molar-refractivity contribution in [3.05, 3.63) is 69.6 Å². The lowest BCUT2D eigenvalue weighted by molar-refractivity contribution is 0.848. The zero-order valence-electron chi connectivity index (χ0n) is 11.7. The van der Waals surface area contributed by atoms with Crippen LogP contribution in [0, 0.1) is 11.8 Å². The summed E-state index contributed by atoms with van der Waals surface area (Å²) in [7, 11) is 0. The van der Waals surface area contributed by atoms with Gasteiger partial charge in [0.05, 0.1) is 0 Å². The lowest BCUT2D eigenvalue weighted by atomic mass is 10.1. The molecule has 0 fully saturated rings. The van der Waals surface area contributed by atoms with E-state index in [9.17, 15) is 0 Å². The van der Waals surface area contributed by atoms with Crippen LogP contribution in [0.5, 0.6) is 0 Å². The highest BCUT2D eigenvalue weighted by atomic mass is 32.1. The summed E-state index contributed by atoms with van der Waals surface area (Å²) in [6, 6.07) is 14.3.